The molecule has 5 rings (SSSR count). The van der Waals surface area contributed by atoms with Gasteiger partial charge in [-0.3, -0.25) is 14.4 Å². The highest BCUT2D eigenvalue weighted by Gasteiger charge is 2.38. The second kappa shape index (κ2) is 13.3. The van der Waals surface area contributed by atoms with Crippen LogP contribution in [0.2, 0.25) is 0 Å². The van der Waals surface area contributed by atoms with Crippen LogP contribution in [0.4, 0.5) is 19.0 Å². The molecule has 3 atom stereocenters. The predicted octanol–water partition coefficient (Wildman–Crippen LogP) is 4.57. The molecule has 2 aliphatic rings. The first-order valence-electron chi connectivity index (χ1n) is 13.0. The maximum absolute atomic E-state index is 13.3. The van der Waals surface area contributed by atoms with Gasteiger partial charge < -0.3 is 9.84 Å². The molecule has 0 radical (unpaired) electrons. The summed E-state index contributed by atoms with van der Waals surface area (Å²) in [5.74, 6) is 0.445. The normalized spacial score (nSPS) is 21.4. The van der Waals surface area contributed by atoms with Crippen LogP contribution in [0.1, 0.15) is 49.1 Å². The molecule has 220 valence electrons. The molecule has 10 nitrogen and oxygen atoms in total. The lowest BCUT2D eigenvalue weighted by molar-refractivity contribution is -0.137. The number of carboxylic acid groups (broad SMARTS) is 1. The number of nitrogens with one attached hydrogen (secondary N) is 1. The number of sulfonamides is 1. The van der Waals surface area contributed by atoms with Gasteiger partial charge in [0.25, 0.3) is 16.5 Å². The van der Waals surface area contributed by atoms with Crippen molar-refractivity contribution in [2.75, 3.05) is 17.8 Å². The molecule has 0 amide bonds. The summed E-state index contributed by atoms with van der Waals surface area (Å²) < 4.78 is 73.8. The van der Waals surface area contributed by atoms with Crippen LogP contribution < -0.4 is 9.46 Å². The average molecular weight is 594 g/mol. The largest absolute Gasteiger partial charge is 0.483 e. The molecule has 1 aromatic carbocycles. The monoisotopic (exact) mass is 593 g/mol. The highest BCUT2D eigenvalue weighted by atomic mass is 32.2. The number of likely N-dealkylation sites (tertiary alicyclic amines) is 1. The van der Waals surface area contributed by atoms with Crippen LogP contribution in [-0.4, -0.2) is 65.1 Å². The number of alkyl halides is 3. The van der Waals surface area contributed by atoms with Gasteiger partial charge >= 0.3 is 6.18 Å². The van der Waals surface area contributed by atoms with Gasteiger partial charge in [-0.05, 0) is 74.9 Å². The third-order valence-electron chi connectivity index (χ3n) is 7.16. The van der Waals surface area contributed by atoms with Crippen LogP contribution in [0.25, 0.3) is 0 Å². The number of anilines is 1. The van der Waals surface area contributed by atoms with Crippen LogP contribution >= 0.6 is 0 Å². The van der Waals surface area contributed by atoms with Gasteiger partial charge in [0.05, 0.1) is 11.8 Å². The smallest absolute Gasteiger partial charge is 0.416 e. The van der Waals surface area contributed by atoms with Crippen molar-refractivity contribution in [3.63, 3.8) is 0 Å². The summed E-state index contributed by atoms with van der Waals surface area (Å²) in [4.78, 5) is 22.6. The van der Waals surface area contributed by atoms with Gasteiger partial charge in [0, 0.05) is 18.3 Å². The van der Waals surface area contributed by atoms with E-state index in [1.807, 2.05) is 0 Å². The number of rotatable bonds is 7. The topological polar surface area (TPSA) is 135 Å². The van der Waals surface area contributed by atoms with Crippen molar-refractivity contribution in [3.8, 4) is 5.88 Å². The first kappa shape index (κ1) is 30.2. The molecule has 3 heterocycles. The number of hydrogen-bond donors (Lipinski definition) is 2. The first-order valence-corrected chi connectivity index (χ1v) is 14.5. The molecule has 41 heavy (non-hydrogen) atoms. The summed E-state index contributed by atoms with van der Waals surface area (Å²) >= 11 is 0. The van der Waals surface area contributed by atoms with E-state index in [0.717, 1.165) is 32.0 Å². The zero-order valence-corrected chi connectivity index (χ0v) is 22.8. The van der Waals surface area contributed by atoms with Crippen molar-refractivity contribution >= 4 is 22.3 Å². The number of benzene rings is 1. The minimum Gasteiger partial charge on any atom is -0.483 e. The summed E-state index contributed by atoms with van der Waals surface area (Å²) in [6.07, 6.45) is 3.49. The summed E-state index contributed by atoms with van der Waals surface area (Å²) in [5, 5.41) is 6.89. The van der Waals surface area contributed by atoms with E-state index in [1.54, 1.807) is 6.07 Å². The SMILES string of the molecule is O=CO.O=S(=O)(Nc1ccncn1)c1ccc(OC2CCC(c3cccc(C(F)(F)F)c3)CC2N2CCCC2)nc1. The molecule has 2 fully saturated rings. The van der Waals surface area contributed by atoms with E-state index in [4.69, 9.17) is 14.6 Å². The third kappa shape index (κ3) is 7.91. The van der Waals surface area contributed by atoms with Gasteiger partial charge in [-0.25, -0.2) is 23.4 Å². The van der Waals surface area contributed by atoms with E-state index in [-0.39, 0.29) is 35.2 Å². The quantitative estimate of drug-likeness (QED) is 0.378. The Hall–Kier alpha value is -3.78. The molecule has 2 N–H and O–H groups in total. The number of hydrogen-bond acceptors (Lipinski definition) is 8. The Kier molecular flexibility index (Phi) is 9.76. The molecule has 0 bridgehead atoms. The highest BCUT2D eigenvalue weighted by Crippen LogP contribution is 2.39. The van der Waals surface area contributed by atoms with E-state index < -0.39 is 21.8 Å². The Labute approximate surface area is 235 Å². The van der Waals surface area contributed by atoms with E-state index >= 15 is 0 Å². The Morgan fingerprint density at radius 3 is 2.46 bits per heavy atom. The molecule has 1 aliphatic carbocycles. The number of ether oxygens (including phenoxy) is 1. The molecular weight excluding hydrogens is 563 g/mol. The zero-order valence-electron chi connectivity index (χ0n) is 21.9. The molecule has 3 unspecified atom stereocenters. The highest BCUT2D eigenvalue weighted by molar-refractivity contribution is 7.92. The Bertz CT molecular complexity index is 1390. The van der Waals surface area contributed by atoms with Gasteiger partial charge in [0.1, 0.15) is 23.1 Å². The number of halogens is 3. The van der Waals surface area contributed by atoms with Crippen LogP contribution in [0.3, 0.4) is 0 Å². The van der Waals surface area contributed by atoms with Crippen LogP contribution in [0, 0.1) is 0 Å². The number of nitrogens with zero attached hydrogens (tertiary/aromatic N) is 4. The number of carbonyl (C=O) groups is 1. The molecule has 1 saturated carbocycles. The zero-order chi connectivity index (χ0) is 29.5. The van der Waals surface area contributed by atoms with Crippen molar-refractivity contribution < 1.29 is 36.2 Å². The summed E-state index contributed by atoms with van der Waals surface area (Å²) in [7, 11) is -3.89. The second-order valence-electron chi connectivity index (χ2n) is 9.74. The van der Waals surface area contributed by atoms with Crippen LogP contribution in [-0.2, 0) is 21.0 Å². The lowest BCUT2D eigenvalue weighted by Gasteiger charge is -2.41. The van der Waals surface area contributed by atoms with Crippen molar-refractivity contribution in [3.05, 3.63) is 72.3 Å². The van der Waals surface area contributed by atoms with Gasteiger partial charge in [-0.15, -0.1) is 0 Å². The van der Waals surface area contributed by atoms with E-state index in [2.05, 4.69) is 24.6 Å². The Balaban J connectivity index is 0.00000124. The van der Waals surface area contributed by atoms with Crippen LogP contribution in [0.5, 0.6) is 5.88 Å². The maximum atomic E-state index is 13.3. The standard InChI is InChI=1S/C26H28F3N5O3S.CH2O2/c27-26(28,29)20-5-3-4-18(14-20)19-6-8-23(22(15-19)34-12-1-2-13-34)37-25-9-7-21(16-31-25)38(35,36)33-24-10-11-30-17-32-24;2-1-3/h3-5,7,9-11,14,16-17,19,22-23H,1-2,6,8,12-13,15H2,(H,30,32,33);1H,(H,2,3). The Morgan fingerprint density at radius 2 is 1.83 bits per heavy atom. The minimum absolute atomic E-state index is 0.00361. The predicted molar refractivity (Wildman–Crippen MR) is 143 cm³/mol. The second-order valence-corrected chi connectivity index (χ2v) is 11.4. The van der Waals surface area contributed by atoms with Gasteiger partial charge in [0.2, 0.25) is 5.88 Å². The molecule has 3 aromatic rings. The Morgan fingerprint density at radius 1 is 1.07 bits per heavy atom. The van der Waals surface area contributed by atoms with Crippen molar-refractivity contribution in [1.29, 1.82) is 0 Å². The number of aromatic nitrogens is 3. The van der Waals surface area contributed by atoms with Crippen molar-refractivity contribution in [2.24, 2.45) is 0 Å². The lowest BCUT2D eigenvalue weighted by Crippen LogP contribution is -2.48. The average Bonchev–Trinajstić information content (AvgIpc) is 3.49. The molecule has 0 spiro atoms. The van der Waals surface area contributed by atoms with E-state index in [9.17, 15) is 21.6 Å². The van der Waals surface area contributed by atoms with Gasteiger partial charge in [0.15, 0.2) is 0 Å². The van der Waals surface area contributed by atoms with Crippen molar-refractivity contribution in [2.45, 2.75) is 61.2 Å². The molecule has 14 heteroatoms. The molecular formula is C27H30F3N5O5S. The third-order valence-corrected chi connectivity index (χ3v) is 8.50. The van der Waals surface area contributed by atoms with Gasteiger partial charge in [-0.2, -0.15) is 13.2 Å². The fraction of sp³-hybridized carbons (Fsp3) is 0.407. The van der Waals surface area contributed by atoms with Crippen LogP contribution in [0.15, 0.2) is 66.1 Å². The minimum atomic E-state index is -4.37. The lowest BCUT2D eigenvalue weighted by atomic mass is 9.79. The van der Waals surface area contributed by atoms with Crippen molar-refractivity contribution in [1.82, 2.24) is 19.9 Å². The number of pyridine rings is 1. The summed E-state index contributed by atoms with van der Waals surface area (Å²) in [6, 6.07) is 10.0. The summed E-state index contributed by atoms with van der Waals surface area (Å²) in [5.41, 5.74) is 0.0749. The van der Waals surface area contributed by atoms with E-state index in [0.29, 0.717) is 30.7 Å². The van der Waals surface area contributed by atoms with Gasteiger partial charge in [-0.1, -0.05) is 18.2 Å². The summed E-state index contributed by atoms with van der Waals surface area (Å²) in [6.45, 7) is 1.58. The van der Waals surface area contributed by atoms with E-state index in [1.165, 1.54) is 49.1 Å². The first-order chi connectivity index (χ1) is 19.6. The fourth-order valence-electron chi connectivity index (χ4n) is 5.28. The molecule has 1 aliphatic heterocycles. The fourth-order valence-corrected chi connectivity index (χ4v) is 6.24. The maximum Gasteiger partial charge on any atom is 0.416 e. The molecule has 2 aromatic heterocycles. The molecule has 1 saturated heterocycles.